The molecule has 0 N–H and O–H groups in total. The van der Waals surface area contributed by atoms with Gasteiger partial charge in [-0.15, -0.1) is 0 Å². The minimum atomic E-state index is 0. The van der Waals surface area contributed by atoms with E-state index in [0.29, 0.717) is 10.5 Å². The van der Waals surface area contributed by atoms with Crippen LogP contribution in [0.25, 0.3) is 0 Å². The van der Waals surface area contributed by atoms with E-state index in [4.69, 9.17) is 29.6 Å². The predicted molar refractivity (Wildman–Crippen MR) is 75.6 cm³/mol. The van der Waals surface area contributed by atoms with Gasteiger partial charge in [0, 0.05) is 4.38 Å². The number of hydrogen-bond donors (Lipinski definition) is 0. The molecule has 4 heteroatoms. The van der Waals surface area contributed by atoms with E-state index in [1.165, 1.54) is 57.8 Å². The third-order valence-electron chi connectivity index (χ3n) is 3.32. The molecule has 0 heterocycles. The second-order valence-electron chi connectivity index (χ2n) is 4.75. The smallest absolute Gasteiger partial charge is 0.510 e. The summed E-state index contributed by atoms with van der Waals surface area (Å²) < 4.78 is 5.84. The monoisotopic (exact) mass is 298 g/mol. The Kier molecular flexibility index (Phi) is 14.1. The van der Waals surface area contributed by atoms with Gasteiger partial charge in [0.15, 0.2) is 0 Å². The van der Waals surface area contributed by atoms with Crippen LogP contribution in [0.4, 0.5) is 0 Å². The molecule has 0 unspecified atom stereocenters. The average Bonchev–Trinajstić information content (AvgIpc) is 2.21. The first-order valence-electron chi connectivity index (χ1n) is 6.66. The molecular formula is C13H23KOS2. The third kappa shape index (κ3) is 11.3. The van der Waals surface area contributed by atoms with Crippen LogP contribution in [0.3, 0.4) is 0 Å². The van der Waals surface area contributed by atoms with Crippen molar-refractivity contribution in [2.24, 2.45) is 0 Å². The van der Waals surface area contributed by atoms with Crippen molar-refractivity contribution in [1.82, 2.24) is 0 Å². The molecule has 1 fully saturated rings. The van der Waals surface area contributed by atoms with Gasteiger partial charge in [-0.2, -0.15) is 0 Å². The molecule has 0 radical (unpaired) electrons. The second kappa shape index (κ2) is 12.8. The Hall–Kier alpha value is 1.75. The van der Waals surface area contributed by atoms with Gasteiger partial charge in [-0.05, 0) is 25.7 Å². The molecule has 0 aromatic heterocycles. The van der Waals surface area contributed by atoms with Crippen LogP contribution in [0.5, 0.6) is 0 Å². The summed E-state index contributed by atoms with van der Waals surface area (Å²) in [7, 11) is 0. The average molecular weight is 299 g/mol. The van der Waals surface area contributed by atoms with E-state index in [1.807, 2.05) is 0 Å². The Labute approximate surface area is 160 Å². The Morgan fingerprint density at radius 1 is 0.824 bits per heavy atom. The second-order valence-corrected chi connectivity index (χ2v) is 5.75. The van der Waals surface area contributed by atoms with Crippen molar-refractivity contribution < 1.29 is 56.1 Å². The summed E-state index contributed by atoms with van der Waals surface area (Å²) >= 11 is 9.71. The van der Waals surface area contributed by atoms with E-state index >= 15 is 0 Å². The van der Waals surface area contributed by atoms with E-state index in [0.717, 1.165) is 12.8 Å². The number of hydrogen-bond acceptors (Lipinski definition) is 3. The maximum atomic E-state index is 5.54. The summed E-state index contributed by atoms with van der Waals surface area (Å²) in [5, 5.41) is 0. The Morgan fingerprint density at radius 2 is 1.18 bits per heavy atom. The van der Waals surface area contributed by atoms with Crippen LogP contribution in [0.2, 0.25) is 0 Å². The Balaban J connectivity index is 0.00000256. The zero-order valence-corrected chi connectivity index (χ0v) is 15.8. The molecule has 0 saturated heterocycles. The van der Waals surface area contributed by atoms with Crippen LogP contribution >= 0.6 is 12.2 Å². The fraction of sp³-hybridized carbons (Fsp3) is 0.923. The zero-order chi connectivity index (χ0) is 11.6. The summed E-state index contributed by atoms with van der Waals surface area (Å²) in [6.45, 7) is 0. The molecule has 0 aromatic rings. The number of thiocarbonyl (C=S) groups is 1. The standard InChI is InChI=1S/C13H24OS2.K/c15-13(16)14-12-10-8-6-4-2-1-3-5-7-9-11-12;/h12H,1-11H2,(H,15,16);/q;+1/p-1. The molecule has 17 heavy (non-hydrogen) atoms. The van der Waals surface area contributed by atoms with Gasteiger partial charge in [0.1, 0.15) is 0 Å². The fourth-order valence-corrected chi connectivity index (χ4v) is 2.65. The minimum absolute atomic E-state index is 0. The van der Waals surface area contributed by atoms with Crippen molar-refractivity contribution in [2.45, 2.75) is 76.7 Å². The minimum Gasteiger partial charge on any atom is -0.510 e. The van der Waals surface area contributed by atoms with Gasteiger partial charge in [-0.25, -0.2) is 0 Å². The van der Waals surface area contributed by atoms with Crippen LogP contribution in [-0.4, -0.2) is 10.5 Å². The summed E-state index contributed by atoms with van der Waals surface area (Å²) in [5.74, 6) is 0. The maximum Gasteiger partial charge on any atom is 1.00 e. The van der Waals surface area contributed by atoms with E-state index < -0.39 is 0 Å². The molecule has 0 amide bonds. The molecule has 0 aliphatic heterocycles. The van der Waals surface area contributed by atoms with Crippen LogP contribution in [0.1, 0.15) is 70.6 Å². The first kappa shape index (κ1) is 18.7. The normalized spacial score (nSPS) is 20.5. The Bertz CT molecular complexity index is 188. The van der Waals surface area contributed by atoms with E-state index in [1.54, 1.807) is 0 Å². The molecule has 0 aromatic carbocycles. The van der Waals surface area contributed by atoms with Crippen molar-refractivity contribution in [1.29, 1.82) is 0 Å². The van der Waals surface area contributed by atoms with E-state index in [-0.39, 0.29) is 51.4 Å². The van der Waals surface area contributed by atoms with Gasteiger partial charge in [0.2, 0.25) is 0 Å². The molecule has 1 saturated carbocycles. The molecule has 0 atom stereocenters. The molecule has 1 rings (SSSR count). The van der Waals surface area contributed by atoms with Crippen LogP contribution in [0.15, 0.2) is 0 Å². The van der Waals surface area contributed by atoms with Crippen molar-refractivity contribution in [2.75, 3.05) is 0 Å². The van der Waals surface area contributed by atoms with Crippen LogP contribution < -0.4 is 51.4 Å². The van der Waals surface area contributed by atoms with Crippen molar-refractivity contribution in [3.63, 3.8) is 0 Å². The largest absolute Gasteiger partial charge is 1.00 e. The van der Waals surface area contributed by atoms with E-state index in [2.05, 4.69) is 0 Å². The first-order chi connectivity index (χ1) is 7.79. The summed E-state index contributed by atoms with van der Waals surface area (Å²) in [5.41, 5.74) is 0. The number of rotatable bonds is 1. The van der Waals surface area contributed by atoms with Crippen molar-refractivity contribution in [3.05, 3.63) is 0 Å². The predicted octanol–water partition coefficient (Wildman–Crippen LogP) is 1.51. The molecule has 1 aliphatic carbocycles. The molecule has 0 bridgehead atoms. The van der Waals surface area contributed by atoms with Crippen LogP contribution in [-0.2, 0) is 17.4 Å². The molecule has 1 aliphatic rings. The molecule has 1 nitrogen and oxygen atoms in total. The van der Waals surface area contributed by atoms with Gasteiger partial charge < -0.3 is 29.6 Å². The first-order valence-corrected chi connectivity index (χ1v) is 7.48. The van der Waals surface area contributed by atoms with Gasteiger partial charge in [0.05, 0.1) is 6.10 Å². The molecular weight excluding hydrogens is 275 g/mol. The topological polar surface area (TPSA) is 9.23 Å². The third-order valence-corrected chi connectivity index (χ3v) is 3.51. The van der Waals surface area contributed by atoms with Crippen molar-refractivity contribution in [3.8, 4) is 0 Å². The Morgan fingerprint density at radius 3 is 1.53 bits per heavy atom. The fourth-order valence-electron chi connectivity index (χ4n) is 2.38. The number of ether oxygens (including phenoxy) is 1. The molecule has 0 spiro atoms. The van der Waals surface area contributed by atoms with Crippen LogP contribution in [0, 0.1) is 0 Å². The molecule has 94 valence electrons. The maximum absolute atomic E-state index is 5.54. The summed E-state index contributed by atoms with van der Waals surface area (Å²) in [4.78, 5) is 0. The van der Waals surface area contributed by atoms with Gasteiger partial charge >= 0.3 is 51.4 Å². The van der Waals surface area contributed by atoms with Gasteiger partial charge in [-0.1, -0.05) is 44.9 Å². The van der Waals surface area contributed by atoms with Gasteiger partial charge in [-0.3, -0.25) is 0 Å². The summed E-state index contributed by atoms with van der Waals surface area (Å²) in [6.07, 6.45) is 14.8. The van der Waals surface area contributed by atoms with E-state index in [9.17, 15) is 0 Å². The SMILES string of the molecule is S=C([S-])OC1CCCCCCCCCCC1.[K+]. The van der Waals surface area contributed by atoms with Crippen molar-refractivity contribution >= 4 is 29.2 Å². The quantitative estimate of drug-likeness (QED) is 0.413. The van der Waals surface area contributed by atoms with Gasteiger partial charge in [0.25, 0.3) is 0 Å². The zero-order valence-electron chi connectivity index (χ0n) is 11.1. The summed E-state index contributed by atoms with van der Waals surface area (Å²) in [6, 6.07) is 0.